The molecule has 0 bridgehead atoms. The van der Waals surface area contributed by atoms with E-state index in [4.69, 9.17) is 45.6 Å². The van der Waals surface area contributed by atoms with Crippen molar-refractivity contribution in [2.24, 2.45) is 0 Å². The zero-order chi connectivity index (χ0) is 14.2. The minimum atomic E-state index is -1.11. The van der Waals surface area contributed by atoms with E-state index in [1.165, 1.54) is 24.4 Å². The number of carboxylic acids is 1. The van der Waals surface area contributed by atoms with Crippen LogP contribution in [0.5, 0.6) is 0 Å². The molecule has 3 N–H and O–H groups in total. The van der Waals surface area contributed by atoms with Crippen LogP contribution in [-0.2, 0) is 0 Å². The molecule has 0 aliphatic rings. The van der Waals surface area contributed by atoms with E-state index in [9.17, 15) is 4.79 Å². The van der Waals surface area contributed by atoms with Gasteiger partial charge in [-0.3, -0.25) is 0 Å². The molecule has 2 aromatic rings. The minimum Gasteiger partial charge on any atom is -0.478 e. The molecule has 0 radical (unpaired) electrons. The van der Waals surface area contributed by atoms with Crippen LogP contribution in [0.4, 0.5) is 5.82 Å². The lowest BCUT2D eigenvalue weighted by molar-refractivity contribution is 0.0696. The van der Waals surface area contributed by atoms with Gasteiger partial charge in [0, 0.05) is 17.3 Å². The minimum absolute atomic E-state index is 0.00587. The quantitative estimate of drug-likeness (QED) is 0.821. The molecule has 7 heteroatoms. The van der Waals surface area contributed by atoms with Gasteiger partial charge in [-0.25, -0.2) is 9.78 Å². The van der Waals surface area contributed by atoms with Gasteiger partial charge in [0.05, 0.1) is 20.6 Å². The Kier molecular flexibility index (Phi) is 3.85. The molecule has 0 atom stereocenters. The fourth-order valence-corrected chi connectivity index (χ4v) is 2.19. The molecule has 0 amide bonds. The van der Waals surface area contributed by atoms with Gasteiger partial charge in [-0.2, -0.15) is 0 Å². The first-order valence-electron chi connectivity index (χ1n) is 5.04. The number of hydrogen-bond acceptors (Lipinski definition) is 3. The zero-order valence-corrected chi connectivity index (χ0v) is 11.6. The Morgan fingerprint density at radius 3 is 2.32 bits per heavy atom. The summed E-state index contributed by atoms with van der Waals surface area (Å²) in [5.74, 6) is -0.949. The number of carbonyl (C=O) groups is 1. The maximum Gasteiger partial charge on any atom is 0.337 e. The van der Waals surface area contributed by atoms with Gasteiger partial charge in [0.2, 0.25) is 0 Å². The number of anilines is 1. The number of benzene rings is 1. The highest BCUT2D eigenvalue weighted by Gasteiger charge is 2.14. The maximum atomic E-state index is 10.9. The van der Waals surface area contributed by atoms with Crippen LogP contribution in [0, 0.1) is 0 Å². The third-order valence-electron chi connectivity index (χ3n) is 2.47. The van der Waals surface area contributed by atoms with Gasteiger partial charge >= 0.3 is 5.97 Å². The predicted octanol–water partition coefficient (Wildman–Crippen LogP) is 3.99. The summed E-state index contributed by atoms with van der Waals surface area (Å²) in [5.41, 5.74) is 6.61. The highest BCUT2D eigenvalue weighted by molar-refractivity contribution is 6.44. The van der Waals surface area contributed by atoms with E-state index >= 15 is 0 Å². The van der Waals surface area contributed by atoms with Crippen molar-refractivity contribution in [3.63, 3.8) is 0 Å². The van der Waals surface area contributed by atoms with Crippen LogP contribution in [0.3, 0.4) is 0 Å². The Labute approximate surface area is 123 Å². The number of halogens is 3. The predicted molar refractivity (Wildman–Crippen MR) is 76.1 cm³/mol. The summed E-state index contributed by atoms with van der Waals surface area (Å²) in [6.07, 6.45) is 1.17. The summed E-state index contributed by atoms with van der Waals surface area (Å²) < 4.78 is 0. The normalized spacial score (nSPS) is 10.5. The lowest BCUT2D eigenvalue weighted by atomic mass is 10.0. The van der Waals surface area contributed by atoms with Crippen molar-refractivity contribution < 1.29 is 9.90 Å². The van der Waals surface area contributed by atoms with Crippen molar-refractivity contribution in [3.8, 4) is 11.1 Å². The van der Waals surface area contributed by atoms with Gasteiger partial charge in [0.15, 0.2) is 0 Å². The third kappa shape index (κ3) is 2.76. The van der Waals surface area contributed by atoms with E-state index < -0.39 is 5.97 Å². The number of carboxylic acid groups (broad SMARTS) is 1. The standard InChI is InChI=1S/C12H7Cl3N2O2/c13-8-3-10(15)9(14)2-6(8)7-1-5(12(18)19)4-17-11(7)16/h1-4H,(H2,16,17)(H,18,19). The van der Waals surface area contributed by atoms with E-state index in [0.29, 0.717) is 26.2 Å². The Morgan fingerprint density at radius 2 is 1.68 bits per heavy atom. The van der Waals surface area contributed by atoms with Crippen LogP contribution in [0.25, 0.3) is 11.1 Å². The zero-order valence-electron chi connectivity index (χ0n) is 9.32. The number of nitrogen functional groups attached to an aromatic ring is 1. The molecule has 0 saturated heterocycles. The van der Waals surface area contributed by atoms with Crippen LogP contribution < -0.4 is 5.73 Å². The third-order valence-corrected chi connectivity index (χ3v) is 3.50. The second-order valence-electron chi connectivity index (χ2n) is 3.71. The summed E-state index contributed by atoms with van der Waals surface area (Å²) in [4.78, 5) is 14.8. The van der Waals surface area contributed by atoms with Crippen LogP contribution >= 0.6 is 34.8 Å². The molecule has 1 heterocycles. The first kappa shape index (κ1) is 13.9. The topological polar surface area (TPSA) is 76.2 Å². The molecule has 0 saturated carbocycles. The molecule has 4 nitrogen and oxygen atoms in total. The summed E-state index contributed by atoms with van der Waals surface area (Å²) >= 11 is 17.8. The van der Waals surface area contributed by atoms with Crippen LogP contribution in [0.15, 0.2) is 24.4 Å². The molecule has 0 aliphatic carbocycles. The van der Waals surface area contributed by atoms with E-state index in [2.05, 4.69) is 4.98 Å². The molecule has 0 aliphatic heterocycles. The molecular formula is C12H7Cl3N2O2. The monoisotopic (exact) mass is 316 g/mol. The largest absolute Gasteiger partial charge is 0.478 e. The van der Waals surface area contributed by atoms with Crippen LogP contribution in [-0.4, -0.2) is 16.1 Å². The fraction of sp³-hybridized carbons (Fsp3) is 0. The van der Waals surface area contributed by atoms with E-state index in [1.807, 2.05) is 0 Å². The SMILES string of the molecule is Nc1ncc(C(=O)O)cc1-c1cc(Cl)c(Cl)cc1Cl. The second-order valence-corrected chi connectivity index (χ2v) is 4.93. The number of nitrogens with two attached hydrogens (primary N) is 1. The van der Waals surface area contributed by atoms with Crippen LogP contribution in [0.2, 0.25) is 15.1 Å². The number of nitrogens with zero attached hydrogens (tertiary/aromatic N) is 1. The number of aromatic nitrogens is 1. The fourth-order valence-electron chi connectivity index (χ4n) is 1.54. The summed E-state index contributed by atoms with van der Waals surface area (Å²) in [5, 5.41) is 9.86. The molecule has 2 rings (SSSR count). The molecule has 0 fully saturated rings. The summed E-state index contributed by atoms with van der Waals surface area (Å²) in [6, 6.07) is 4.37. The molecule has 1 aromatic heterocycles. The molecule has 19 heavy (non-hydrogen) atoms. The Bertz CT molecular complexity index is 674. The Hall–Kier alpha value is -1.49. The van der Waals surface area contributed by atoms with Gasteiger partial charge in [0.1, 0.15) is 5.82 Å². The Morgan fingerprint density at radius 1 is 1.05 bits per heavy atom. The van der Waals surface area contributed by atoms with Gasteiger partial charge in [0.25, 0.3) is 0 Å². The lowest BCUT2D eigenvalue weighted by Crippen LogP contribution is -2.01. The highest BCUT2D eigenvalue weighted by Crippen LogP contribution is 2.37. The molecule has 0 unspecified atom stereocenters. The van der Waals surface area contributed by atoms with Gasteiger partial charge in [-0.05, 0) is 18.2 Å². The Balaban J connectivity index is 2.67. The number of pyridine rings is 1. The van der Waals surface area contributed by atoms with Crippen molar-refractivity contribution >= 4 is 46.6 Å². The molecule has 98 valence electrons. The molecular weight excluding hydrogens is 311 g/mol. The van der Waals surface area contributed by atoms with Crippen molar-refractivity contribution in [1.29, 1.82) is 0 Å². The average molecular weight is 318 g/mol. The van der Waals surface area contributed by atoms with Crippen molar-refractivity contribution in [2.75, 3.05) is 5.73 Å². The van der Waals surface area contributed by atoms with Gasteiger partial charge < -0.3 is 10.8 Å². The summed E-state index contributed by atoms with van der Waals surface area (Å²) in [6.45, 7) is 0. The summed E-state index contributed by atoms with van der Waals surface area (Å²) in [7, 11) is 0. The molecule has 0 spiro atoms. The van der Waals surface area contributed by atoms with Gasteiger partial charge in [-0.15, -0.1) is 0 Å². The van der Waals surface area contributed by atoms with Crippen molar-refractivity contribution in [1.82, 2.24) is 4.98 Å². The second kappa shape index (κ2) is 5.25. The first-order valence-corrected chi connectivity index (χ1v) is 6.17. The van der Waals surface area contributed by atoms with Crippen LogP contribution in [0.1, 0.15) is 10.4 Å². The van der Waals surface area contributed by atoms with E-state index in [-0.39, 0.29) is 11.4 Å². The van der Waals surface area contributed by atoms with E-state index in [1.54, 1.807) is 0 Å². The van der Waals surface area contributed by atoms with Gasteiger partial charge in [-0.1, -0.05) is 34.8 Å². The number of rotatable bonds is 2. The number of aromatic carboxylic acids is 1. The molecule has 1 aromatic carbocycles. The van der Waals surface area contributed by atoms with Crippen molar-refractivity contribution in [2.45, 2.75) is 0 Å². The highest BCUT2D eigenvalue weighted by atomic mass is 35.5. The lowest BCUT2D eigenvalue weighted by Gasteiger charge is -2.09. The number of hydrogen-bond donors (Lipinski definition) is 2. The van der Waals surface area contributed by atoms with E-state index in [0.717, 1.165) is 0 Å². The first-order chi connectivity index (χ1) is 8.90. The average Bonchev–Trinajstić information content (AvgIpc) is 2.34. The smallest absolute Gasteiger partial charge is 0.337 e. The van der Waals surface area contributed by atoms with Crippen molar-refractivity contribution in [3.05, 3.63) is 45.0 Å². The maximum absolute atomic E-state index is 10.9.